The van der Waals surface area contributed by atoms with E-state index < -0.39 is 0 Å². The number of nitrogens with one attached hydrogen (secondary N) is 2. The van der Waals surface area contributed by atoms with Crippen molar-refractivity contribution >= 4 is 21.9 Å². The Labute approximate surface area is 110 Å². The van der Waals surface area contributed by atoms with E-state index in [9.17, 15) is 0 Å². The molecular weight excluding hydrogens is 278 g/mol. The van der Waals surface area contributed by atoms with E-state index in [2.05, 4.69) is 55.8 Å². The highest BCUT2D eigenvalue weighted by molar-refractivity contribution is 9.10. The summed E-state index contributed by atoms with van der Waals surface area (Å²) in [6, 6.07) is 9.18. The van der Waals surface area contributed by atoms with Gasteiger partial charge in [0, 0.05) is 29.5 Å². The van der Waals surface area contributed by atoms with E-state index in [1.807, 2.05) is 0 Å². The third-order valence-corrected chi connectivity index (χ3v) is 3.84. The quantitative estimate of drug-likeness (QED) is 0.877. The maximum Gasteiger partial charge on any atom is 0.191 e. The van der Waals surface area contributed by atoms with Gasteiger partial charge in [0.2, 0.25) is 0 Å². The summed E-state index contributed by atoms with van der Waals surface area (Å²) in [7, 11) is 0. The second-order valence-corrected chi connectivity index (χ2v) is 5.57. The minimum Gasteiger partial charge on any atom is -0.356 e. The van der Waals surface area contributed by atoms with Crippen LogP contribution < -0.4 is 10.6 Å². The number of halogens is 1. The van der Waals surface area contributed by atoms with Crippen molar-refractivity contribution in [1.29, 1.82) is 0 Å². The Kier molecular flexibility index (Phi) is 3.05. The lowest BCUT2D eigenvalue weighted by Crippen LogP contribution is -2.42. The normalized spacial score (nSPS) is 27.0. The Morgan fingerprint density at radius 1 is 1.29 bits per heavy atom. The molecule has 2 N–H and O–H groups in total. The third-order valence-electron chi connectivity index (χ3n) is 3.31. The largest absolute Gasteiger partial charge is 0.356 e. The monoisotopic (exact) mass is 293 g/mol. The molecule has 0 bridgehead atoms. The van der Waals surface area contributed by atoms with Crippen molar-refractivity contribution in [2.75, 3.05) is 13.1 Å². The first kappa shape index (κ1) is 11.1. The van der Waals surface area contributed by atoms with Crippen molar-refractivity contribution in [3.05, 3.63) is 34.3 Å². The first-order valence-electron chi connectivity index (χ1n) is 6.13. The SMILES string of the molecule is Brc1ccc(C2CC2NC2=NCCCN2)cc1. The van der Waals surface area contributed by atoms with Crippen LogP contribution in [0.1, 0.15) is 24.3 Å². The smallest absolute Gasteiger partial charge is 0.191 e. The van der Waals surface area contributed by atoms with Crippen LogP contribution in [0.2, 0.25) is 0 Å². The fourth-order valence-corrected chi connectivity index (χ4v) is 2.50. The van der Waals surface area contributed by atoms with E-state index in [0.717, 1.165) is 29.9 Å². The topological polar surface area (TPSA) is 36.4 Å². The number of nitrogens with zero attached hydrogens (tertiary/aromatic N) is 1. The van der Waals surface area contributed by atoms with E-state index in [1.54, 1.807) is 0 Å². The first-order chi connectivity index (χ1) is 8.33. The standard InChI is InChI=1S/C13H16BrN3/c14-10-4-2-9(3-5-10)11-8-12(11)17-13-15-6-1-7-16-13/h2-5,11-12H,1,6-8H2,(H2,15,16,17). The van der Waals surface area contributed by atoms with Gasteiger partial charge in [0.15, 0.2) is 5.96 Å². The molecule has 1 heterocycles. The van der Waals surface area contributed by atoms with E-state index in [4.69, 9.17) is 0 Å². The molecular formula is C13H16BrN3. The Bertz CT molecular complexity index is 427. The molecule has 90 valence electrons. The Morgan fingerprint density at radius 2 is 2.12 bits per heavy atom. The van der Waals surface area contributed by atoms with Crippen LogP contribution in [0, 0.1) is 0 Å². The van der Waals surface area contributed by atoms with Crippen LogP contribution in [0.25, 0.3) is 0 Å². The van der Waals surface area contributed by atoms with Gasteiger partial charge in [-0.05, 0) is 30.5 Å². The number of guanidine groups is 1. The predicted molar refractivity (Wildman–Crippen MR) is 73.3 cm³/mol. The van der Waals surface area contributed by atoms with E-state index >= 15 is 0 Å². The van der Waals surface area contributed by atoms with Crippen LogP contribution in [0.3, 0.4) is 0 Å². The van der Waals surface area contributed by atoms with Crippen LogP contribution in [-0.4, -0.2) is 25.1 Å². The van der Waals surface area contributed by atoms with Crippen LogP contribution in [0.15, 0.2) is 33.7 Å². The summed E-state index contributed by atoms with van der Waals surface area (Å²) in [5.74, 6) is 1.63. The Hall–Kier alpha value is -1.03. The fraction of sp³-hybridized carbons (Fsp3) is 0.462. The van der Waals surface area contributed by atoms with Crippen LogP contribution in [0.5, 0.6) is 0 Å². The van der Waals surface area contributed by atoms with E-state index in [1.165, 1.54) is 12.0 Å². The highest BCUT2D eigenvalue weighted by Gasteiger charge is 2.39. The van der Waals surface area contributed by atoms with Gasteiger partial charge in [-0.25, -0.2) is 0 Å². The molecule has 2 atom stereocenters. The van der Waals surface area contributed by atoms with E-state index in [0.29, 0.717) is 12.0 Å². The van der Waals surface area contributed by atoms with Crippen molar-refractivity contribution in [2.24, 2.45) is 4.99 Å². The molecule has 3 rings (SSSR count). The van der Waals surface area contributed by atoms with Crippen molar-refractivity contribution in [2.45, 2.75) is 24.8 Å². The fourth-order valence-electron chi connectivity index (χ4n) is 2.24. The summed E-state index contributed by atoms with van der Waals surface area (Å²) in [6.07, 6.45) is 2.36. The number of rotatable bonds is 2. The summed E-state index contributed by atoms with van der Waals surface area (Å²) >= 11 is 3.46. The van der Waals surface area contributed by atoms with Crippen LogP contribution >= 0.6 is 15.9 Å². The second kappa shape index (κ2) is 4.69. The van der Waals surface area contributed by atoms with Gasteiger partial charge >= 0.3 is 0 Å². The van der Waals surface area contributed by atoms with Gasteiger partial charge in [-0.15, -0.1) is 0 Å². The number of hydrogen-bond donors (Lipinski definition) is 2. The van der Waals surface area contributed by atoms with Crippen molar-refractivity contribution in [1.82, 2.24) is 10.6 Å². The molecule has 1 aromatic rings. The maximum atomic E-state index is 4.44. The average molecular weight is 294 g/mol. The zero-order valence-electron chi connectivity index (χ0n) is 9.62. The molecule has 17 heavy (non-hydrogen) atoms. The summed E-state index contributed by atoms with van der Waals surface area (Å²) in [5, 5.41) is 6.79. The minimum atomic E-state index is 0.556. The zero-order valence-corrected chi connectivity index (χ0v) is 11.2. The van der Waals surface area contributed by atoms with Gasteiger partial charge in [-0.3, -0.25) is 4.99 Å². The maximum absolute atomic E-state index is 4.44. The van der Waals surface area contributed by atoms with E-state index in [-0.39, 0.29) is 0 Å². The molecule has 3 nitrogen and oxygen atoms in total. The van der Waals surface area contributed by atoms with Crippen molar-refractivity contribution in [3.8, 4) is 0 Å². The third kappa shape index (κ3) is 2.63. The summed E-state index contributed by atoms with van der Waals surface area (Å²) in [4.78, 5) is 4.44. The Balaban J connectivity index is 1.59. The van der Waals surface area contributed by atoms with Gasteiger partial charge in [-0.2, -0.15) is 0 Å². The molecule has 1 aromatic carbocycles. The van der Waals surface area contributed by atoms with Crippen molar-refractivity contribution < 1.29 is 0 Å². The predicted octanol–water partition coefficient (Wildman–Crippen LogP) is 2.24. The molecule has 0 saturated heterocycles. The average Bonchev–Trinajstić information content (AvgIpc) is 3.11. The zero-order chi connectivity index (χ0) is 11.7. The summed E-state index contributed by atoms with van der Waals surface area (Å²) < 4.78 is 1.14. The minimum absolute atomic E-state index is 0.556. The second-order valence-electron chi connectivity index (χ2n) is 4.66. The summed E-state index contributed by atoms with van der Waals surface area (Å²) in [5.41, 5.74) is 1.42. The highest BCUT2D eigenvalue weighted by Crippen LogP contribution is 2.40. The summed E-state index contributed by atoms with van der Waals surface area (Å²) in [6.45, 7) is 1.99. The van der Waals surface area contributed by atoms with Gasteiger partial charge in [0.05, 0.1) is 0 Å². The van der Waals surface area contributed by atoms with Gasteiger partial charge < -0.3 is 10.6 Å². The number of aliphatic imine (C=N–C) groups is 1. The molecule has 0 spiro atoms. The van der Waals surface area contributed by atoms with Crippen LogP contribution in [0.4, 0.5) is 0 Å². The molecule has 1 saturated carbocycles. The molecule has 0 aromatic heterocycles. The Morgan fingerprint density at radius 3 is 2.82 bits per heavy atom. The molecule has 1 aliphatic carbocycles. The van der Waals surface area contributed by atoms with Crippen molar-refractivity contribution in [3.63, 3.8) is 0 Å². The molecule has 2 unspecified atom stereocenters. The number of benzene rings is 1. The van der Waals surface area contributed by atoms with Gasteiger partial charge in [-0.1, -0.05) is 28.1 Å². The molecule has 2 aliphatic rings. The molecule has 0 amide bonds. The van der Waals surface area contributed by atoms with Gasteiger partial charge in [0.25, 0.3) is 0 Å². The van der Waals surface area contributed by atoms with Gasteiger partial charge in [0.1, 0.15) is 0 Å². The lowest BCUT2D eigenvalue weighted by atomic mass is 10.1. The lowest BCUT2D eigenvalue weighted by Gasteiger charge is -2.16. The lowest BCUT2D eigenvalue weighted by molar-refractivity contribution is 0.696. The number of hydrogen-bond acceptors (Lipinski definition) is 3. The molecule has 1 fully saturated rings. The van der Waals surface area contributed by atoms with Crippen LogP contribution in [-0.2, 0) is 0 Å². The highest BCUT2D eigenvalue weighted by atomic mass is 79.9. The molecule has 1 aliphatic heterocycles. The first-order valence-corrected chi connectivity index (χ1v) is 6.92. The molecule has 4 heteroatoms. The molecule has 0 radical (unpaired) electrons.